The molecule has 1 aliphatic rings. The summed E-state index contributed by atoms with van der Waals surface area (Å²) >= 11 is 0. The van der Waals surface area contributed by atoms with E-state index in [2.05, 4.69) is 15.3 Å². The molecule has 2 aromatic rings. The molecule has 6 nitrogen and oxygen atoms in total. The number of pyridine rings is 1. The van der Waals surface area contributed by atoms with Gasteiger partial charge in [-0.1, -0.05) is 0 Å². The number of carbonyl (C=O) groups is 1. The van der Waals surface area contributed by atoms with Crippen LogP contribution in [0.1, 0.15) is 29.6 Å². The van der Waals surface area contributed by atoms with Gasteiger partial charge >= 0.3 is 0 Å². The molecule has 20 heavy (non-hydrogen) atoms. The van der Waals surface area contributed by atoms with Crippen molar-refractivity contribution in [3.05, 3.63) is 17.8 Å². The van der Waals surface area contributed by atoms with Crippen LogP contribution < -0.4 is 5.32 Å². The second-order valence-electron chi connectivity index (χ2n) is 5.16. The minimum Gasteiger partial charge on any atom is -0.359 e. The predicted octanol–water partition coefficient (Wildman–Crippen LogP) is 1.64. The van der Waals surface area contributed by atoms with Gasteiger partial charge in [0, 0.05) is 33.4 Å². The highest BCUT2D eigenvalue weighted by atomic mass is 16.2. The van der Waals surface area contributed by atoms with Gasteiger partial charge in [-0.05, 0) is 25.3 Å². The molecule has 0 aromatic carbocycles. The lowest BCUT2D eigenvalue weighted by molar-refractivity contribution is 0.0724. The van der Waals surface area contributed by atoms with Gasteiger partial charge in [0.25, 0.3) is 5.91 Å². The number of amides is 1. The molecule has 2 aromatic heterocycles. The summed E-state index contributed by atoms with van der Waals surface area (Å²) in [5.74, 6) is 0.811. The van der Waals surface area contributed by atoms with Gasteiger partial charge in [0.15, 0.2) is 5.65 Å². The molecule has 1 amide bonds. The van der Waals surface area contributed by atoms with Crippen LogP contribution in [0, 0.1) is 0 Å². The Morgan fingerprint density at radius 2 is 2.05 bits per heavy atom. The van der Waals surface area contributed by atoms with Gasteiger partial charge in [-0.2, -0.15) is 0 Å². The summed E-state index contributed by atoms with van der Waals surface area (Å²) in [7, 11) is 3.72. The van der Waals surface area contributed by atoms with E-state index >= 15 is 0 Å². The third kappa shape index (κ3) is 2.11. The van der Waals surface area contributed by atoms with Crippen molar-refractivity contribution in [2.45, 2.75) is 19.3 Å². The predicted molar refractivity (Wildman–Crippen MR) is 77.8 cm³/mol. The molecule has 3 heterocycles. The molecule has 6 heteroatoms. The molecule has 1 aliphatic heterocycles. The van der Waals surface area contributed by atoms with Crippen molar-refractivity contribution in [3.8, 4) is 0 Å². The van der Waals surface area contributed by atoms with Crippen LogP contribution in [0.4, 0.5) is 5.95 Å². The quantitative estimate of drug-likeness (QED) is 0.903. The number of piperidine rings is 1. The molecule has 0 atom stereocenters. The van der Waals surface area contributed by atoms with Crippen LogP contribution in [0.5, 0.6) is 0 Å². The first kappa shape index (κ1) is 12.9. The number of imidazole rings is 1. The summed E-state index contributed by atoms with van der Waals surface area (Å²) in [5.41, 5.74) is 2.16. The highest BCUT2D eigenvalue weighted by Gasteiger charge is 2.19. The number of nitrogens with zero attached hydrogens (tertiary/aromatic N) is 4. The summed E-state index contributed by atoms with van der Waals surface area (Å²) in [5, 5.41) is 3.01. The summed E-state index contributed by atoms with van der Waals surface area (Å²) in [6, 6.07) is 1.83. The van der Waals surface area contributed by atoms with Crippen LogP contribution in [-0.4, -0.2) is 45.5 Å². The average molecular weight is 273 g/mol. The zero-order valence-corrected chi connectivity index (χ0v) is 11.9. The molecule has 0 unspecified atom stereocenters. The van der Waals surface area contributed by atoms with Gasteiger partial charge in [-0.3, -0.25) is 9.36 Å². The van der Waals surface area contributed by atoms with E-state index in [1.807, 2.05) is 29.6 Å². The summed E-state index contributed by atoms with van der Waals surface area (Å²) in [6.07, 6.45) is 5.05. The molecule has 1 fully saturated rings. The second-order valence-corrected chi connectivity index (χ2v) is 5.16. The molecular weight excluding hydrogens is 254 g/mol. The third-order valence-corrected chi connectivity index (χ3v) is 3.82. The lowest BCUT2D eigenvalue weighted by Gasteiger charge is -2.26. The maximum Gasteiger partial charge on any atom is 0.255 e. The Morgan fingerprint density at radius 3 is 2.75 bits per heavy atom. The van der Waals surface area contributed by atoms with E-state index < -0.39 is 0 Å². The van der Waals surface area contributed by atoms with Crippen LogP contribution >= 0.6 is 0 Å². The number of hydrogen-bond acceptors (Lipinski definition) is 4. The zero-order chi connectivity index (χ0) is 14.1. The van der Waals surface area contributed by atoms with Gasteiger partial charge in [-0.15, -0.1) is 0 Å². The van der Waals surface area contributed by atoms with Crippen molar-refractivity contribution in [3.63, 3.8) is 0 Å². The van der Waals surface area contributed by atoms with Crippen LogP contribution in [-0.2, 0) is 7.05 Å². The van der Waals surface area contributed by atoms with E-state index in [0.29, 0.717) is 5.56 Å². The van der Waals surface area contributed by atoms with Crippen LogP contribution in [0.25, 0.3) is 11.2 Å². The largest absolute Gasteiger partial charge is 0.359 e. The normalized spacial score (nSPS) is 15.6. The molecule has 3 rings (SSSR count). The van der Waals surface area contributed by atoms with Gasteiger partial charge < -0.3 is 10.2 Å². The van der Waals surface area contributed by atoms with Crippen molar-refractivity contribution in [1.29, 1.82) is 0 Å². The third-order valence-electron chi connectivity index (χ3n) is 3.82. The second kappa shape index (κ2) is 5.11. The number of anilines is 1. The number of nitrogens with one attached hydrogen (secondary N) is 1. The molecular formula is C14H19N5O. The first-order valence-electron chi connectivity index (χ1n) is 7.00. The van der Waals surface area contributed by atoms with Crippen molar-refractivity contribution < 1.29 is 4.79 Å². The van der Waals surface area contributed by atoms with Crippen molar-refractivity contribution in [1.82, 2.24) is 19.4 Å². The highest BCUT2D eigenvalue weighted by Crippen LogP contribution is 2.19. The van der Waals surface area contributed by atoms with Gasteiger partial charge in [0.1, 0.15) is 5.52 Å². The minimum atomic E-state index is 0.0655. The number of carbonyl (C=O) groups excluding carboxylic acids is 1. The van der Waals surface area contributed by atoms with Crippen molar-refractivity contribution >= 4 is 23.0 Å². The minimum absolute atomic E-state index is 0.0655. The van der Waals surface area contributed by atoms with Crippen LogP contribution in [0.3, 0.4) is 0 Å². The molecule has 0 spiro atoms. The van der Waals surface area contributed by atoms with Gasteiger partial charge in [-0.25, -0.2) is 9.97 Å². The number of hydrogen-bond donors (Lipinski definition) is 1. The number of rotatable bonds is 2. The van der Waals surface area contributed by atoms with E-state index in [1.165, 1.54) is 6.42 Å². The Balaban J connectivity index is 1.94. The molecule has 0 bridgehead atoms. The van der Waals surface area contributed by atoms with Crippen LogP contribution in [0.15, 0.2) is 12.3 Å². The van der Waals surface area contributed by atoms with Gasteiger partial charge in [0.05, 0.1) is 5.56 Å². The molecule has 1 saturated heterocycles. The Bertz CT molecular complexity index is 642. The fourth-order valence-electron chi connectivity index (χ4n) is 2.70. The van der Waals surface area contributed by atoms with Gasteiger partial charge in [0.2, 0.25) is 5.95 Å². The fourth-order valence-corrected chi connectivity index (χ4v) is 2.70. The Hall–Kier alpha value is -2.11. The first-order valence-corrected chi connectivity index (χ1v) is 7.00. The number of aromatic nitrogens is 3. The Kier molecular flexibility index (Phi) is 3.30. The first-order chi connectivity index (χ1) is 9.70. The smallest absolute Gasteiger partial charge is 0.255 e. The maximum absolute atomic E-state index is 12.4. The van der Waals surface area contributed by atoms with E-state index in [4.69, 9.17) is 0 Å². The van der Waals surface area contributed by atoms with Crippen LogP contribution in [0.2, 0.25) is 0 Å². The van der Waals surface area contributed by atoms with Crippen molar-refractivity contribution in [2.75, 3.05) is 25.5 Å². The summed E-state index contributed by atoms with van der Waals surface area (Å²) in [4.78, 5) is 23.2. The molecule has 0 radical (unpaired) electrons. The van der Waals surface area contributed by atoms with E-state index in [1.54, 1.807) is 6.20 Å². The molecule has 106 valence electrons. The standard InChI is InChI=1S/C14H19N5O/c1-15-14-17-11-8-10(9-16-12(11)18(14)2)13(20)19-6-4-3-5-7-19/h8-9H,3-7H2,1-2H3,(H,15,17). The number of likely N-dealkylation sites (tertiary alicyclic amines) is 1. The lowest BCUT2D eigenvalue weighted by atomic mass is 10.1. The SMILES string of the molecule is CNc1nc2cc(C(=O)N3CCCCC3)cnc2n1C. The zero-order valence-electron chi connectivity index (χ0n) is 11.9. The van der Waals surface area contributed by atoms with E-state index in [-0.39, 0.29) is 5.91 Å². The molecule has 0 aliphatic carbocycles. The number of aryl methyl sites for hydroxylation is 1. The fraction of sp³-hybridized carbons (Fsp3) is 0.500. The maximum atomic E-state index is 12.4. The average Bonchev–Trinajstić information content (AvgIpc) is 2.83. The monoisotopic (exact) mass is 273 g/mol. The van der Waals surface area contributed by atoms with Crippen molar-refractivity contribution in [2.24, 2.45) is 7.05 Å². The molecule has 1 N–H and O–H groups in total. The topological polar surface area (TPSA) is 63.1 Å². The summed E-state index contributed by atoms with van der Waals surface area (Å²) < 4.78 is 1.88. The van der Waals surface area contributed by atoms with E-state index in [0.717, 1.165) is 43.0 Å². The lowest BCUT2D eigenvalue weighted by Crippen LogP contribution is -2.35. The highest BCUT2D eigenvalue weighted by molar-refractivity contribution is 5.96. The Morgan fingerprint density at radius 1 is 1.30 bits per heavy atom. The molecule has 0 saturated carbocycles. The Labute approximate surface area is 117 Å². The summed E-state index contributed by atoms with van der Waals surface area (Å²) in [6.45, 7) is 1.70. The number of fused-ring (bicyclic) bond motifs is 1. The van der Waals surface area contributed by atoms with E-state index in [9.17, 15) is 4.79 Å².